The van der Waals surface area contributed by atoms with E-state index in [0.29, 0.717) is 11.7 Å². The average Bonchev–Trinajstić information content (AvgIpc) is 2.28. The lowest BCUT2D eigenvalue weighted by atomic mass is 10.0. The van der Waals surface area contributed by atoms with Crippen LogP contribution in [0.25, 0.3) is 0 Å². The molecule has 1 atom stereocenters. The van der Waals surface area contributed by atoms with Crippen molar-refractivity contribution in [1.29, 1.82) is 0 Å². The van der Waals surface area contributed by atoms with Crippen molar-refractivity contribution < 1.29 is 4.74 Å². The Labute approximate surface area is 87.9 Å². The van der Waals surface area contributed by atoms with Crippen LogP contribution in [0.1, 0.15) is 12.8 Å². The largest absolute Gasteiger partial charge is 0.381 e. The van der Waals surface area contributed by atoms with Gasteiger partial charge in [-0.3, -0.25) is 4.79 Å². The zero-order valence-corrected chi connectivity index (χ0v) is 8.53. The fourth-order valence-electron chi connectivity index (χ4n) is 1.68. The maximum Gasteiger partial charge on any atom is 0.252 e. The zero-order chi connectivity index (χ0) is 10.5. The van der Waals surface area contributed by atoms with Crippen molar-refractivity contribution in [2.45, 2.75) is 12.8 Å². The SMILES string of the molecule is O=c1cc(NCC2CCCOC2)nc[nH]1. The van der Waals surface area contributed by atoms with Crippen LogP contribution in [0.5, 0.6) is 0 Å². The molecule has 2 rings (SSSR count). The second-order valence-electron chi connectivity index (χ2n) is 3.76. The second kappa shape index (κ2) is 4.93. The topological polar surface area (TPSA) is 67.0 Å². The van der Waals surface area contributed by atoms with E-state index in [1.54, 1.807) is 0 Å². The summed E-state index contributed by atoms with van der Waals surface area (Å²) in [5.74, 6) is 1.16. The van der Waals surface area contributed by atoms with Gasteiger partial charge >= 0.3 is 0 Å². The minimum Gasteiger partial charge on any atom is -0.381 e. The third-order valence-electron chi connectivity index (χ3n) is 2.50. The maximum absolute atomic E-state index is 11.0. The van der Waals surface area contributed by atoms with Crippen LogP contribution >= 0.6 is 0 Å². The van der Waals surface area contributed by atoms with Gasteiger partial charge in [0.2, 0.25) is 0 Å². The van der Waals surface area contributed by atoms with Gasteiger partial charge in [-0.2, -0.15) is 0 Å². The van der Waals surface area contributed by atoms with Gasteiger partial charge in [0.05, 0.1) is 12.9 Å². The van der Waals surface area contributed by atoms with Crippen molar-refractivity contribution in [2.24, 2.45) is 5.92 Å². The maximum atomic E-state index is 11.0. The Balaban J connectivity index is 1.84. The van der Waals surface area contributed by atoms with Crippen LogP contribution in [-0.4, -0.2) is 29.7 Å². The number of aromatic amines is 1. The van der Waals surface area contributed by atoms with Gasteiger partial charge in [0, 0.05) is 19.2 Å². The number of rotatable bonds is 3. The molecule has 0 bridgehead atoms. The van der Waals surface area contributed by atoms with Gasteiger partial charge in [-0.15, -0.1) is 0 Å². The molecule has 0 aliphatic carbocycles. The van der Waals surface area contributed by atoms with E-state index >= 15 is 0 Å². The lowest BCUT2D eigenvalue weighted by Gasteiger charge is -2.22. The quantitative estimate of drug-likeness (QED) is 0.765. The van der Waals surface area contributed by atoms with Crippen LogP contribution in [-0.2, 0) is 4.74 Å². The zero-order valence-electron chi connectivity index (χ0n) is 8.53. The first-order valence-electron chi connectivity index (χ1n) is 5.21. The lowest BCUT2D eigenvalue weighted by molar-refractivity contribution is 0.0595. The molecule has 15 heavy (non-hydrogen) atoms. The van der Waals surface area contributed by atoms with Gasteiger partial charge in [-0.05, 0) is 18.8 Å². The number of H-pyrrole nitrogens is 1. The number of anilines is 1. The average molecular weight is 209 g/mol. The van der Waals surface area contributed by atoms with Crippen molar-refractivity contribution in [3.8, 4) is 0 Å². The van der Waals surface area contributed by atoms with Crippen LogP contribution in [0, 0.1) is 5.92 Å². The van der Waals surface area contributed by atoms with Crippen LogP contribution in [0.2, 0.25) is 0 Å². The Hall–Kier alpha value is -1.36. The Bertz CT molecular complexity index is 358. The summed E-state index contributed by atoms with van der Waals surface area (Å²) in [7, 11) is 0. The highest BCUT2D eigenvalue weighted by atomic mass is 16.5. The molecular weight excluding hydrogens is 194 g/mol. The highest BCUT2D eigenvalue weighted by Gasteiger charge is 2.13. The molecule has 0 amide bonds. The molecule has 1 saturated heterocycles. The number of aromatic nitrogens is 2. The van der Waals surface area contributed by atoms with Gasteiger partial charge in [0.15, 0.2) is 0 Å². The van der Waals surface area contributed by atoms with Crippen molar-refractivity contribution in [3.63, 3.8) is 0 Å². The van der Waals surface area contributed by atoms with E-state index in [-0.39, 0.29) is 5.56 Å². The summed E-state index contributed by atoms with van der Waals surface area (Å²) < 4.78 is 5.37. The van der Waals surface area contributed by atoms with Crippen LogP contribution < -0.4 is 10.9 Å². The summed E-state index contributed by atoms with van der Waals surface area (Å²) in [5, 5.41) is 3.14. The van der Waals surface area contributed by atoms with Crippen LogP contribution in [0.15, 0.2) is 17.2 Å². The van der Waals surface area contributed by atoms with Gasteiger partial charge in [-0.25, -0.2) is 4.98 Å². The standard InChI is InChI=1S/C10H15N3O2/c14-10-4-9(12-7-13-10)11-5-8-2-1-3-15-6-8/h4,7-8H,1-3,5-6H2,(H2,11,12,13,14). The van der Waals surface area contributed by atoms with E-state index in [1.807, 2.05) is 0 Å². The lowest BCUT2D eigenvalue weighted by Crippen LogP contribution is -2.25. The molecule has 1 aliphatic heterocycles. The van der Waals surface area contributed by atoms with Crippen LogP contribution in [0.3, 0.4) is 0 Å². The third kappa shape index (κ3) is 3.06. The summed E-state index contributed by atoms with van der Waals surface area (Å²) in [6.07, 6.45) is 3.70. The molecule has 2 N–H and O–H groups in total. The molecule has 1 aliphatic rings. The molecular formula is C10H15N3O2. The number of nitrogens with zero attached hydrogens (tertiary/aromatic N) is 1. The molecule has 1 fully saturated rings. The smallest absolute Gasteiger partial charge is 0.252 e. The van der Waals surface area contributed by atoms with Gasteiger partial charge in [0.1, 0.15) is 5.82 Å². The second-order valence-corrected chi connectivity index (χ2v) is 3.76. The summed E-state index contributed by atoms with van der Waals surface area (Å²) in [6.45, 7) is 2.49. The van der Waals surface area contributed by atoms with E-state index in [2.05, 4.69) is 15.3 Å². The van der Waals surface area contributed by atoms with Gasteiger partial charge in [0.25, 0.3) is 5.56 Å². The summed E-state index contributed by atoms with van der Waals surface area (Å²) >= 11 is 0. The molecule has 0 radical (unpaired) electrons. The molecule has 2 heterocycles. The van der Waals surface area contributed by atoms with Crippen molar-refractivity contribution >= 4 is 5.82 Å². The molecule has 1 aromatic heterocycles. The molecule has 0 aromatic carbocycles. The Morgan fingerprint density at radius 2 is 2.60 bits per heavy atom. The normalized spacial score (nSPS) is 21.2. The fourth-order valence-corrected chi connectivity index (χ4v) is 1.68. The predicted molar refractivity (Wildman–Crippen MR) is 56.9 cm³/mol. The highest BCUT2D eigenvalue weighted by molar-refractivity contribution is 5.31. The first kappa shape index (κ1) is 10.2. The Kier molecular flexibility index (Phi) is 3.34. The van der Waals surface area contributed by atoms with Crippen LogP contribution in [0.4, 0.5) is 5.82 Å². The van der Waals surface area contributed by atoms with Gasteiger partial charge in [-0.1, -0.05) is 0 Å². The first-order valence-corrected chi connectivity index (χ1v) is 5.21. The molecule has 82 valence electrons. The summed E-state index contributed by atoms with van der Waals surface area (Å²) in [6, 6.07) is 1.46. The summed E-state index contributed by atoms with van der Waals surface area (Å²) in [4.78, 5) is 17.5. The minimum absolute atomic E-state index is 0.132. The molecule has 0 spiro atoms. The fraction of sp³-hybridized carbons (Fsp3) is 0.600. The predicted octanol–water partition coefficient (Wildman–Crippen LogP) is 0.608. The van der Waals surface area contributed by atoms with E-state index in [1.165, 1.54) is 18.8 Å². The molecule has 5 nitrogen and oxygen atoms in total. The van der Waals surface area contributed by atoms with Gasteiger partial charge < -0.3 is 15.0 Å². The molecule has 1 aromatic rings. The van der Waals surface area contributed by atoms with E-state index in [9.17, 15) is 4.79 Å². The Morgan fingerprint density at radius 3 is 3.33 bits per heavy atom. The summed E-state index contributed by atoms with van der Waals surface area (Å²) in [5.41, 5.74) is -0.132. The number of ether oxygens (including phenoxy) is 1. The molecule has 5 heteroatoms. The molecule has 0 saturated carbocycles. The Morgan fingerprint density at radius 1 is 1.67 bits per heavy atom. The van der Waals surface area contributed by atoms with Crippen molar-refractivity contribution in [2.75, 3.05) is 25.1 Å². The third-order valence-corrected chi connectivity index (χ3v) is 2.50. The van der Waals surface area contributed by atoms with E-state index < -0.39 is 0 Å². The number of hydrogen-bond acceptors (Lipinski definition) is 4. The van der Waals surface area contributed by atoms with E-state index in [0.717, 1.165) is 26.2 Å². The first-order chi connectivity index (χ1) is 7.34. The molecule has 1 unspecified atom stereocenters. The monoisotopic (exact) mass is 209 g/mol. The van der Waals surface area contributed by atoms with Crippen molar-refractivity contribution in [3.05, 3.63) is 22.7 Å². The van der Waals surface area contributed by atoms with E-state index in [4.69, 9.17) is 4.74 Å². The number of nitrogens with one attached hydrogen (secondary N) is 2. The van der Waals surface area contributed by atoms with Crippen molar-refractivity contribution in [1.82, 2.24) is 9.97 Å². The number of hydrogen-bond donors (Lipinski definition) is 2. The highest BCUT2D eigenvalue weighted by Crippen LogP contribution is 2.13. The minimum atomic E-state index is -0.132.